The number of hydrogen-bond acceptors (Lipinski definition) is 6. The Hall–Kier alpha value is -2.84. The largest absolute Gasteiger partial charge is 0.468 e. The lowest BCUT2D eigenvalue weighted by Gasteiger charge is -2.27. The Balaban J connectivity index is 2.11. The molecule has 1 N–H and O–H groups in total. The van der Waals surface area contributed by atoms with Gasteiger partial charge in [-0.3, -0.25) is 14.0 Å². The number of anilines is 1. The molecule has 3 atom stereocenters. The van der Waals surface area contributed by atoms with E-state index in [1.807, 2.05) is 17.0 Å². The molecule has 10 heteroatoms. The van der Waals surface area contributed by atoms with E-state index in [0.717, 1.165) is 12.1 Å². The summed E-state index contributed by atoms with van der Waals surface area (Å²) in [5.41, 5.74) is 10.1. The molecule has 1 aromatic carbocycles. The summed E-state index contributed by atoms with van der Waals surface area (Å²) in [5, 5.41) is 6.03. The number of hydrogen-bond donors (Lipinski definition) is 1. The van der Waals surface area contributed by atoms with Gasteiger partial charge >= 0.3 is 5.97 Å². The first-order chi connectivity index (χ1) is 13.5. The number of alkyl halides is 1. The summed E-state index contributed by atoms with van der Waals surface area (Å²) in [6.07, 6.45) is 0.822. The average Bonchev–Trinajstić information content (AvgIpc) is 3.22. The van der Waals surface area contributed by atoms with Gasteiger partial charge in [0.1, 0.15) is 19.3 Å². The van der Waals surface area contributed by atoms with E-state index in [4.69, 9.17) is 10.3 Å². The number of halogens is 1. The number of benzene rings is 1. The van der Waals surface area contributed by atoms with Crippen LogP contribution in [-0.4, -0.2) is 57.9 Å². The molecule has 0 unspecified atom stereocenters. The van der Waals surface area contributed by atoms with Crippen LogP contribution in [0.5, 0.6) is 0 Å². The van der Waals surface area contributed by atoms with Crippen molar-refractivity contribution >= 4 is 17.6 Å². The number of nitrogens with zero attached hydrogens (tertiary/aromatic N) is 4. The van der Waals surface area contributed by atoms with Crippen LogP contribution in [0.25, 0.3) is 10.4 Å². The minimum Gasteiger partial charge on any atom is -0.468 e. The monoisotopic (exact) mass is 393 g/mol. The van der Waals surface area contributed by atoms with Crippen molar-refractivity contribution in [2.75, 3.05) is 38.9 Å². The summed E-state index contributed by atoms with van der Waals surface area (Å²) in [4.78, 5) is 28.2. The van der Waals surface area contributed by atoms with Gasteiger partial charge in [0.2, 0.25) is 5.91 Å². The van der Waals surface area contributed by atoms with E-state index >= 15 is 0 Å². The Morgan fingerprint density at radius 1 is 1.39 bits per heavy atom. The van der Waals surface area contributed by atoms with Crippen LogP contribution in [0.2, 0.25) is 0 Å². The Bertz CT molecular complexity index is 723. The molecular formula is C18H24FN5O4. The molecule has 1 amide bonds. The van der Waals surface area contributed by atoms with Gasteiger partial charge in [0.15, 0.2) is 0 Å². The van der Waals surface area contributed by atoms with Gasteiger partial charge in [-0.05, 0) is 36.1 Å². The van der Waals surface area contributed by atoms with Gasteiger partial charge in [-0.2, -0.15) is 0 Å². The van der Waals surface area contributed by atoms with Crippen LogP contribution in [-0.2, 0) is 19.1 Å². The fourth-order valence-corrected chi connectivity index (χ4v) is 3.31. The van der Waals surface area contributed by atoms with Crippen molar-refractivity contribution in [2.45, 2.75) is 31.0 Å². The number of ether oxygens (including phenoxy) is 2. The van der Waals surface area contributed by atoms with Crippen molar-refractivity contribution in [1.29, 1.82) is 0 Å². The van der Waals surface area contributed by atoms with E-state index in [1.54, 1.807) is 12.1 Å². The van der Waals surface area contributed by atoms with E-state index in [-0.39, 0.29) is 18.5 Å². The smallest absolute Gasteiger partial charge is 0.325 e. The Morgan fingerprint density at radius 3 is 2.68 bits per heavy atom. The lowest BCUT2D eigenvalue weighted by atomic mass is 10.0. The first-order valence-electron chi connectivity index (χ1n) is 8.89. The molecule has 1 aromatic rings. The van der Waals surface area contributed by atoms with Crippen LogP contribution < -0.4 is 10.2 Å². The molecule has 1 fully saturated rings. The molecule has 1 aliphatic rings. The number of methoxy groups -OCH3 is 2. The lowest BCUT2D eigenvalue weighted by molar-refractivity contribution is -0.141. The number of amides is 1. The van der Waals surface area contributed by atoms with Crippen LogP contribution in [0.1, 0.15) is 24.5 Å². The highest BCUT2D eigenvalue weighted by atomic mass is 19.1. The van der Waals surface area contributed by atoms with E-state index < -0.39 is 24.8 Å². The number of rotatable bonds is 9. The van der Waals surface area contributed by atoms with Gasteiger partial charge in [-0.1, -0.05) is 17.2 Å². The fraction of sp³-hybridized carbons (Fsp3) is 0.556. The number of esters is 1. The van der Waals surface area contributed by atoms with E-state index in [0.29, 0.717) is 18.5 Å². The molecule has 152 valence electrons. The molecule has 0 radical (unpaired) electrons. The van der Waals surface area contributed by atoms with Gasteiger partial charge in [-0.15, -0.1) is 0 Å². The lowest BCUT2D eigenvalue weighted by Crippen LogP contribution is -2.45. The molecule has 0 bridgehead atoms. The Labute approximate surface area is 162 Å². The molecule has 1 aliphatic heterocycles. The van der Waals surface area contributed by atoms with E-state index in [1.165, 1.54) is 14.2 Å². The normalized spacial score (nSPS) is 18.1. The fourth-order valence-electron chi connectivity index (χ4n) is 3.31. The predicted octanol–water partition coefficient (Wildman–Crippen LogP) is 2.28. The summed E-state index contributed by atoms with van der Waals surface area (Å²) in [5.74, 6) is -0.738. The molecule has 0 aromatic heterocycles. The second-order valence-electron chi connectivity index (χ2n) is 6.32. The molecule has 0 saturated carbocycles. The van der Waals surface area contributed by atoms with Crippen molar-refractivity contribution in [3.05, 3.63) is 40.3 Å². The quantitative estimate of drug-likeness (QED) is 0.299. The van der Waals surface area contributed by atoms with Crippen molar-refractivity contribution in [3.63, 3.8) is 0 Å². The predicted molar refractivity (Wildman–Crippen MR) is 100 cm³/mol. The zero-order chi connectivity index (χ0) is 20.5. The van der Waals surface area contributed by atoms with Gasteiger partial charge in [0.25, 0.3) is 0 Å². The number of carbonyl (C=O) groups excluding carboxylic acids is 2. The van der Waals surface area contributed by atoms with Crippen LogP contribution in [0, 0.1) is 0 Å². The van der Waals surface area contributed by atoms with E-state index in [9.17, 15) is 14.0 Å². The summed E-state index contributed by atoms with van der Waals surface area (Å²) in [6.45, 7) is -0.299. The van der Waals surface area contributed by atoms with Crippen molar-refractivity contribution in [2.24, 2.45) is 5.11 Å². The molecule has 2 rings (SSSR count). The average molecular weight is 393 g/mol. The molecule has 1 heterocycles. The van der Waals surface area contributed by atoms with Crippen molar-refractivity contribution in [3.8, 4) is 0 Å². The van der Waals surface area contributed by atoms with Crippen LogP contribution in [0.15, 0.2) is 29.4 Å². The van der Waals surface area contributed by atoms with E-state index in [2.05, 4.69) is 20.1 Å². The maximum absolute atomic E-state index is 13.2. The topological polar surface area (TPSA) is 117 Å². The summed E-state index contributed by atoms with van der Waals surface area (Å²) in [6, 6.07) is 5.83. The number of carbonyl (C=O) groups is 2. The van der Waals surface area contributed by atoms with Crippen LogP contribution in [0.4, 0.5) is 10.1 Å². The highest BCUT2D eigenvalue weighted by Gasteiger charge is 2.31. The molecule has 0 aliphatic carbocycles. The van der Waals surface area contributed by atoms with Gasteiger partial charge in [0, 0.05) is 24.3 Å². The molecule has 1 saturated heterocycles. The molecule has 0 spiro atoms. The third-order valence-electron chi connectivity index (χ3n) is 4.70. The van der Waals surface area contributed by atoms with Crippen LogP contribution in [0.3, 0.4) is 0 Å². The Morgan fingerprint density at radius 2 is 2.11 bits per heavy atom. The second kappa shape index (κ2) is 10.5. The maximum atomic E-state index is 13.2. The maximum Gasteiger partial charge on any atom is 0.325 e. The minimum absolute atomic E-state index is 0.168. The minimum atomic E-state index is -0.954. The van der Waals surface area contributed by atoms with Crippen molar-refractivity contribution < 1.29 is 23.5 Å². The Kier molecular flexibility index (Phi) is 8.03. The first-order valence-corrected chi connectivity index (χ1v) is 8.89. The van der Waals surface area contributed by atoms with Crippen LogP contribution >= 0.6 is 0 Å². The SMILES string of the molecule is COC(=O)CNC(=O)[C@H]1CCCN1c1ccc([C@@H](OC)[C@@H](CF)N=[N+]=[N-])cc1. The summed E-state index contributed by atoms with van der Waals surface area (Å²) < 4.78 is 23.0. The zero-order valence-corrected chi connectivity index (χ0v) is 15.9. The van der Waals surface area contributed by atoms with Crippen molar-refractivity contribution in [1.82, 2.24) is 5.32 Å². The summed E-state index contributed by atoms with van der Waals surface area (Å²) >= 11 is 0. The highest BCUT2D eigenvalue weighted by Crippen LogP contribution is 2.29. The molecular weight excluding hydrogens is 369 g/mol. The number of azide groups is 1. The first kappa shape index (κ1) is 21.5. The third-order valence-corrected chi connectivity index (χ3v) is 4.70. The van der Waals surface area contributed by atoms with Gasteiger partial charge < -0.3 is 19.7 Å². The molecule has 28 heavy (non-hydrogen) atoms. The number of nitrogens with one attached hydrogen (secondary N) is 1. The zero-order valence-electron chi connectivity index (χ0n) is 15.9. The van der Waals surface area contributed by atoms with Gasteiger partial charge in [0.05, 0.1) is 19.3 Å². The third kappa shape index (κ3) is 5.11. The molecule has 9 nitrogen and oxygen atoms in total. The second-order valence-corrected chi connectivity index (χ2v) is 6.32. The van der Waals surface area contributed by atoms with Gasteiger partial charge in [-0.25, -0.2) is 0 Å². The highest BCUT2D eigenvalue weighted by molar-refractivity contribution is 5.88. The standard InChI is InChI=1S/C18H24FN5O4/c1-27-16(25)11-21-18(26)15-4-3-9-24(15)13-7-5-12(6-8-13)17(28-2)14(10-19)22-23-20/h5-8,14-15,17H,3-4,9-11H2,1-2H3,(H,21,26)/t14-,15-,17-/m1/s1. The summed E-state index contributed by atoms with van der Waals surface area (Å²) in [7, 11) is 2.69.